The van der Waals surface area contributed by atoms with E-state index in [9.17, 15) is 9.59 Å². The average molecular weight is 472 g/mol. The summed E-state index contributed by atoms with van der Waals surface area (Å²) in [6.45, 7) is 12.0. The Morgan fingerprint density at radius 3 is 2.49 bits per heavy atom. The highest BCUT2D eigenvalue weighted by molar-refractivity contribution is 6.00. The largest absolute Gasteiger partial charge is 0.348 e. The number of amides is 2. The summed E-state index contributed by atoms with van der Waals surface area (Å²) in [5, 5.41) is 2.87. The molecule has 1 unspecified atom stereocenters. The summed E-state index contributed by atoms with van der Waals surface area (Å²) in [5.41, 5.74) is 3.69. The van der Waals surface area contributed by atoms with Crippen LogP contribution in [0.15, 0.2) is 90.5 Å². The Morgan fingerprint density at radius 2 is 1.83 bits per heavy atom. The summed E-state index contributed by atoms with van der Waals surface area (Å²) in [4.78, 5) is 32.1. The van der Waals surface area contributed by atoms with Crippen molar-refractivity contribution < 1.29 is 9.59 Å². The number of carbonyl (C=O) groups excluding carboxylic acids is 2. The lowest BCUT2D eigenvalue weighted by molar-refractivity contribution is 0.0770. The van der Waals surface area contributed by atoms with Crippen LogP contribution in [-0.4, -0.2) is 42.6 Å². The van der Waals surface area contributed by atoms with Crippen molar-refractivity contribution in [2.45, 2.75) is 45.6 Å². The number of aryl methyl sites for hydroxylation is 1. The van der Waals surface area contributed by atoms with Crippen LogP contribution in [0, 0.1) is 0 Å². The van der Waals surface area contributed by atoms with E-state index in [1.165, 1.54) is 5.56 Å². The highest BCUT2D eigenvalue weighted by atomic mass is 16.2. The molecule has 0 saturated carbocycles. The molecule has 0 aliphatic rings. The van der Waals surface area contributed by atoms with Crippen LogP contribution in [-0.2, 0) is 6.42 Å². The normalized spacial score (nSPS) is 12.0. The smallest absolute Gasteiger partial charge is 0.254 e. The first-order valence-electron chi connectivity index (χ1n) is 12.2. The molecule has 2 aromatic rings. The van der Waals surface area contributed by atoms with Crippen molar-refractivity contribution in [2.24, 2.45) is 4.99 Å². The van der Waals surface area contributed by atoms with Gasteiger partial charge in [0.1, 0.15) is 0 Å². The maximum Gasteiger partial charge on any atom is 0.254 e. The molecule has 5 nitrogen and oxygen atoms in total. The van der Waals surface area contributed by atoms with Crippen molar-refractivity contribution in [2.75, 3.05) is 13.6 Å². The Kier molecular flexibility index (Phi) is 11.4. The van der Waals surface area contributed by atoms with E-state index in [-0.39, 0.29) is 17.9 Å². The zero-order chi connectivity index (χ0) is 25.6. The quantitative estimate of drug-likeness (QED) is 0.275. The van der Waals surface area contributed by atoms with Crippen molar-refractivity contribution in [3.05, 3.63) is 102 Å². The van der Waals surface area contributed by atoms with E-state index in [2.05, 4.69) is 30.4 Å². The molecule has 0 heterocycles. The molecule has 2 rings (SSSR count). The molecular weight excluding hydrogens is 434 g/mol. The van der Waals surface area contributed by atoms with Crippen LogP contribution in [0.2, 0.25) is 0 Å². The van der Waals surface area contributed by atoms with Gasteiger partial charge in [0.15, 0.2) is 0 Å². The standard InChI is InChI=1S/C30H37N3O2/c1-6-9-13-23(4)21-32-29(34)27-15-11-12-16-28(27)31-22-26(8-3)33(5)30(35)25-19-17-24(18-20-25)14-10-7-2/h6,9,11-13,15-20,22,26H,1,4,7-8,10,14,21H2,2-3,5H3,(H,32,34)/b13-9-,31-22+. The van der Waals surface area contributed by atoms with Crippen LogP contribution >= 0.6 is 0 Å². The highest BCUT2D eigenvalue weighted by Crippen LogP contribution is 2.19. The van der Waals surface area contributed by atoms with Gasteiger partial charge < -0.3 is 10.2 Å². The van der Waals surface area contributed by atoms with Crippen LogP contribution in [0.25, 0.3) is 0 Å². The topological polar surface area (TPSA) is 61.8 Å². The van der Waals surface area contributed by atoms with Crippen LogP contribution in [0.1, 0.15) is 59.4 Å². The molecule has 1 N–H and O–H groups in total. The SMILES string of the molecule is C=C/C=C\C(=C)CNC(=O)c1ccccc1/N=C/C(CC)N(C)C(=O)c1ccc(CCCC)cc1. The zero-order valence-electron chi connectivity index (χ0n) is 21.2. The van der Waals surface area contributed by atoms with Crippen LogP contribution in [0.3, 0.4) is 0 Å². The molecule has 184 valence electrons. The molecule has 0 spiro atoms. The van der Waals surface area contributed by atoms with Crippen molar-refractivity contribution in [1.82, 2.24) is 10.2 Å². The van der Waals surface area contributed by atoms with Gasteiger partial charge in [-0.1, -0.05) is 75.9 Å². The molecule has 0 saturated heterocycles. The van der Waals surface area contributed by atoms with Gasteiger partial charge in [0.2, 0.25) is 0 Å². The molecule has 1 atom stereocenters. The second-order valence-electron chi connectivity index (χ2n) is 8.42. The van der Waals surface area contributed by atoms with E-state index in [0.717, 1.165) is 24.8 Å². The predicted octanol–water partition coefficient (Wildman–Crippen LogP) is 6.31. The minimum Gasteiger partial charge on any atom is -0.348 e. The Bertz CT molecular complexity index is 1070. The molecule has 2 amide bonds. The monoisotopic (exact) mass is 471 g/mol. The number of rotatable bonds is 13. The summed E-state index contributed by atoms with van der Waals surface area (Å²) in [6.07, 6.45) is 11.0. The van der Waals surface area contributed by atoms with Gasteiger partial charge in [-0.2, -0.15) is 0 Å². The fraction of sp³-hybridized carbons (Fsp3) is 0.300. The first kappa shape index (κ1) is 27.5. The molecule has 0 aliphatic carbocycles. The number of unbranched alkanes of at least 4 members (excludes halogenated alkanes) is 1. The summed E-state index contributed by atoms with van der Waals surface area (Å²) in [5.74, 6) is -0.283. The summed E-state index contributed by atoms with van der Waals surface area (Å²) >= 11 is 0. The predicted molar refractivity (Wildman–Crippen MR) is 147 cm³/mol. The Hall–Kier alpha value is -3.73. The number of para-hydroxylation sites is 1. The van der Waals surface area contributed by atoms with Crippen molar-refractivity contribution >= 4 is 23.7 Å². The summed E-state index contributed by atoms with van der Waals surface area (Å²) < 4.78 is 0. The second-order valence-corrected chi connectivity index (χ2v) is 8.42. The summed E-state index contributed by atoms with van der Waals surface area (Å²) in [7, 11) is 1.79. The molecule has 0 aromatic heterocycles. The Balaban J connectivity index is 2.10. The Morgan fingerprint density at radius 1 is 1.11 bits per heavy atom. The average Bonchev–Trinajstić information content (AvgIpc) is 2.89. The highest BCUT2D eigenvalue weighted by Gasteiger charge is 2.19. The molecular formula is C30H37N3O2. The van der Waals surface area contributed by atoms with Gasteiger partial charge in [0.05, 0.1) is 17.3 Å². The van der Waals surface area contributed by atoms with E-state index < -0.39 is 0 Å². The molecule has 0 fully saturated rings. The van der Waals surface area contributed by atoms with Gasteiger partial charge in [-0.15, -0.1) is 0 Å². The first-order valence-corrected chi connectivity index (χ1v) is 12.2. The van der Waals surface area contributed by atoms with E-state index in [1.807, 2.05) is 37.3 Å². The summed E-state index contributed by atoms with van der Waals surface area (Å²) in [6, 6.07) is 14.8. The maximum atomic E-state index is 13.1. The number of allylic oxidation sites excluding steroid dienone is 2. The van der Waals surface area contributed by atoms with Crippen molar-refractivity contribution in [3.63, 3.8) is 0 Å². The number of aliphatic imine (C=N–C) groups is 1. The maximum absolute atomic E-state index is 13.1. The number of hydrogen-bond donors (Lipinski definition) is 1. The number of hydrogen-bond acceptors (Lipinski definition) is 3. The van der Waals surface area contributed by atoms with Gasteiger partial charge in [-0.05, 0) is 54.7 Å². The molecule has 2 aromatic carbocycles. The fourth-order valence-electron chi connectivity index (χ4n) is 3.53. The van der Waals surface area contributed by atoms with E-state index in [4.69, 9.17) is 0 Å². The third-order valence-electron chi connectivity index (χ3n) is 5.73. The second kappa shape index (κ2) is 14.5. The lowest BCUT2D eigenvalue weighted by Crippen LogP contribution is -2.37. The minimum absolute atomic E-state index is 0.0533. The molecule has 0 radical (unpaired) electrons. The van der Waals surface area contributed by atoms with Gasteiger partial charge in [-0.3, -0.25) is 14.6 Å². The molecule has 35 heavy (non-hydrogen) atoms. The first-order chi connectivity index (χ1) is 16.9. The van der Waals surface area contributed by atoms with Crippen LogP contribution in [0.5, 0.6) is 0 Å². The number of nitrogens with one attached hydrogen (secondary N) is 1. The van der Waals surface area contributed by atoms with Crippen molar-refractivity contribution in [3.8, 4) is 0 Å². The lowest BCUT2D eigenvalue weighted by Gasteiger charge is -2.24. The van der Waals surface area contributed by atoms with Gasteiger partial charge in [-0.25, -0.2) is 0 Å². The van der Waals surface area contributed by atoms with Gasteiger partial charge in [0, 0.05) is 25.4 Å². The van der Waals surface area contributed by atoms with Crippen LogP contribution < -0.4 is 5.32 Å². The number of nitrogens with zero attached hydrogens (tertiary/aromatic N) is 2. The van der Waals surface area contributed by atoms with E-state index in [1.54, 1.807) is 54.6 Å². The number of benzene rings is 2. The van der Waals surface area contributed by atoms with Crippen LogP contribution in [0.4, 0.5) is 5.69 Å². The lowest BCUT2D eigenvalue weighted by atomic mass is 10.1. The molecule has 0 bridgehead atoms. The number of carbonyl (C=O) groups is 2. The third kappa shape index (κ3) is 8.53. The van der Waals surface area contributed by atoms with Gasteiger partial charge >= 0.3 is 0 Å². The van der Waals surface area contributed by atoms with Gasteiger partial charge in [0.25, 0.3) is 11.8 Å². The zero-order valence-corrected chi connectivity index (χ0v) is 21.2. The fourth-order valence-corrected chi connectivity index (χ4v) is 3.53. The van der Waals surface area contributed by atoms with E-state index >= 15 is 0 Å². The van der Waals surface area contributed by atoms with E-state index in [0.29, 0.717) is 29.8 Å². The molecule has 5 heteroatoms. The molecule has 0 aliphatic heterocycles. The van der Waals surface area contributed by atoms with Crippen molar-refractivity contribution in [1.29, 1.82) is 0 Å². The minimum atomic E-state index is -0.230. The Labute approximate surface area is 210 Å². The third-order valence-corrected chi connectivity index (χ3v) is 5.73.